The van der Waals surface area contributed by atoms with Crippen molar-refractivity contribution in [2.75, 3.05) is 10.5 Å². The first-order valence-corrected chi connectivity index (χ1v) is 6.96. The number of hydrogen-bond acceptors (Lipinski definition) is 6. The standard InChI is InChI=1S/C9H8BrN5O2S/c10-8-4-14-9(5-13-8)15-18(16,17)7-3-12-2-1-6(7)11/h1-5H,(H2,11,12)(H,14,15). The molecule has 3 N–H and O–H groups in total. The van der Waals surface area contributed by atoms with Crippen LogP contribution in [0.4, 0.5) is 11.5 Å². The van der Waals surface area contributed by atoms with E-state index in [2.05, 4.69) is 35.6 Å². The SMILES string of the molecule is Nc1ccncc1S(=O)(=O)Nc1cnc(Br)cn1. The van der Waals surface area contributed by atoms with Gasteiger partial charge in [-0.1, -0.05) is 0 Å². The topological polar surface area (TPSA) is 111 Å². The molecule has 0 aromatic carbocycles. The third kappa shape index (κ3) is 2.74. The Morgan fingerprint density at radius 1 is 1.22 bits per heavy atom. The van der Waals surface area contributed by atoms with Gasteiger partial charge in [0.2, 0.25) is 0 Å². The van der Waals surface area contributed by atoms with Crippen LogP contribution in [-0.2, 0) is 10.0 Å². The molecule has 0 aliphatic rings. The van der Waals surface area contributed by atoms with Crippen molar-refractivity contribution in [3.8, 4) is 0 Å². The van der Waals surface area contributed by atoms with Crippen molar-refractivity contribution in [2.24, 2.45) is 0 Å². The molecule has 0 saturated heterocycles. The molecule has 0 radical (unpaired) electrons. The highest BCUT2D eigenvalue weighted by atomic mass is 79.9. The van der Waals surface area contributed by atoms with Crippen LogP contribution < -0.4 is 10.5 Å². The van der Waals surface area contributed by atoms with Crippen LogP contribution in [0.3, 0.4) is 0 Å². The maximum absolute atomic E-state index is 12.0. The number of anilines is 2. The van der Waals surface area contributed by atoms with E-state index in [9.17, 15) is 8.42 Å². The lowest BCUT2D eigenvalue weighted by Gasteiger charge is -2.08. The minimum Gasteiger partial charge on any atom is -0.398 e. The van der Waals surface area contributed by atoms with Gasteiger partial charge in [-0.15, -0.1) is 0 Å². The predicted octanol–water partition coefficient (Wildman–Crippen LogP) is 1.02. The van der Waals surface area contributed by atoms with E-state index >= 15 is 0 Å². The van der Waals surface area contributed by atoms with Crippen molar-refractivity contribution in [1.29, 1.82) is 0 Å². The molecule has 7 nitrogen and oxygen atoms in total. The van der Waals surface area contributed by atoms with Gasteiger partial charge in [-0.3, -0.25) is 9.71 Å². The van der Waals surface area contributed by atoms with Gasteiger partial charge in [0.05, 0.1) is 18.1 Å². The van der Waals surface area contributed by atoms with Crippen LogP contribution in [-0.4, -0.2) is 23.4 Å². The highest BCUT2D eigenvalue weighted by molar-refractivity contribution is 9.10. The first kappa shape index (κ1) is 12.7. The number of nitrogens with one attached hydrogen (secondary N) is 1. The Morgan fingerprint density at radius 2 is 2.00 bits per heavy atom. The quantitative estimate of drug-likeness (QED) is 0.869. The van der Waals surface area contributed by atoms with E-state index in [1.807, 2.05) is 0 Å². The predicted molar refractivity (Wildman–Crippen MR) is 69.2 cm³/mol. The summed E-state index contributed by atoms with van der Waals surface area (Å²) in [4.78, 5) is 11.3. The summed E-state index contributed by atoms with van der Waals surface area (Å²) in [6.07, 6.45) is 5.25. The van der Waals surface area contributed by atoms with E-state index in [1.165, 1.54) is 30.9 Å². The summed E-state index contributed by atoms with van der Waals surface area (Å²) < 4.78 is 26.8. The normalized spacial score (nSPS) is 11.2. The molecule has 0 fully saturated rings. The Balaban J connectivity index is 2.33. The average molecular weight is 330 g/mol. The molecule has 0 bridgehead atoms. The van der Waals surface area contributed by atoms with Crippen molar-refractivity contribution >= 4 is 37.5 Å². The van der Waals surface area contributed by atoms with Gasteiger partial charge in [0, 0.05) is 12.4 Å². The van der Waals surface area contributed by atoms with Crippen LogP contribution in [0.25, 0.3) is 0 Å². The maximum Gasteiger partial charge on any atom is 0.266 e. The molecule has 2 rings (SSSR count). The molecule has 0 spiro atoms. The number of aromatic nitrogens is 3. The lowest BCUT2D eigenvalue weighted by molar-refractivity contribution is 0.601. The minimum atomic E-state index is -3.81. The third-order valence-corrected chi connectivity index (χ3v) is 3.77. The number of rotatable bonds is 3. The number of pyridine rings is 1. The van der Waals surface area contributed by atoms with Gasteiger partial charge in [-0.25, -0.2) is 18.4 Å². The molecule has 94 valence electrons. The van der Waals surface area contributed by atoms with E-state index in [1.54, 1.807) is 0 Å². The number of halogens is 1. The second-order valence-electron chi connectivity index (χ2n) is 3.24. The summed E-state index contributed by atoms with van der Waals surface area (Å²) in [5, 5.41) is 0. The van der Waals surface area contributed by atoms with Crippen LogP contribution in [0.2, 0.25) is 0 Å². The van der Waals surface area contributed by atoms with Crippen LogP contribution in [0.15, 0.2) is 40.4 Å². The Hall–Kier alpha value is -1.74. The molecule has 2 aromatic heterocycles. The van der Waals surface area contributed by atoms with Gasteiger partial charge < -0.3 is 5.73 Å². The fourth-order valence-electron chi connectivity index (χ4n) is 1.17. The average Bonchev–Trinajstić information content (AvgIpc) is 2.32. The van der Waals surface area contributed by atoms with Gasteiger partial charge in [-0.05, 0) is 22.0 Å². The van der Waals surface area contributed by atoms with E-state index < -0.39 is 10.0 Å². The third-order valence-electron chi connectivity index (χ3n) is 1.97. The van der Waals surface area contributed by atoms with Gasteiger partial charge >= 0.3 is 0 Å². The molecular weight excluding hydrogens is 322 g/mol. The fraction of sp³-hybridized carbons (Fsp3) is 0. The highest BCUT2D eigenvalue weighted by Gasteiger charge is 2.18. The number of hydrogen-bond donors (Lipinski definition) is 2. The molecule has 2 heterocycles. The number of nitrogens with zero attached hydrogens (tertiary/aromatic N) is 3. The summed E-state index contributed by atoms with van der Waals surface area (Å²) in [6.45, 7) is 0. The second-order valence-corrected chi connectivity index (χ2v) is 5.71. The largest absolute Gasteiger partial charge is 0.398 e. The lowest BCUT2D eigenvalue weighted by atomic mass is 10.4. The van der Waals surface area contributed by atoms with Crippen LogP contribution >= 0.6 is 15.9 Å². The van der Waals surface area contributed by atoms with Crippen molar-refractivity contribution in [1.82, 2.24) is 15.0 Å². The highest BCUT2D eigenvalue weighted by Crippen LogP contribution is 2.18. The van der Waals surface area contributed by atoms with Gasteiger partial charge in [0.1, 0.15) is 9.50 Å². The molecule has 0 saturated carbocycles. The monoisotopic (exact) mass is 329 g/mol. The van der Waals surface area contributed by atoms with E-state index in [0.29, 0.717) is 4.60 Å². The van der Waals surface area contributed by atoms with E-state index in [-0.39, 0.29) is 16.4 Å². The Bertz CT molecular complexity index is 659. The fourth-order valence-corrected chi connectivity index (χ4v) is 2.45. The number of nitrogen functional groups attached to an aromatic ring is 1. The summed E-state index contributed by atoms with van der Waals surface area (Å²) in [6, 6.07) is 1.40. The second kappa shape index (κ2) is 4.86. The molecule has 0 aliphatic carbocycles. The first-order chi connectivity index (χ1) is 8.49. The molecule has 18 heavy (non-hydrogen) atoms. The van der Waals surface area contributed by atoms with Crippen LogP contribution in [0.5, 0.6) is 0 Å². The summed E-state index contributed by atoms with van der Waals surface area (Å²) >= 11 is 3.10. The molecule has 0 aliphatic heterocycles. The maximum atomic E-state index is 12.0. The molecular formula is C9H8BrN5O2S. The Morgan fingerprint density at radius 3 is 2.61 bits per heavy atom. The lowest BCUT2D eigenvalue weighted by Crippen LogP contribution is -2.16. The smallest absolute Gasteiger partial charge is 0.266 e. The number of nitrogens with two attached hydrogens (primary N) is 1. The van der Waals surface area contributed by atoms with Gasteiger partial charge in [0.25, 0.3) is 10.0 Å². The number of sulfonamides is 1. The molecule has 9 heteroatoms. The van der Waals surface area contributed by atoms with Crippen LogP contribution in [0, 0.1) is 0 Å². The van der Waals surface area contributed by atoms with E-state index in [0.717, 1.165) is 0 Å². The molecule has 0 amide bonds. The molecule has 0 atom stereocenters. The molecule has 2 aromatic rings. The Labute approximate surface area is 112 Å². The van der Waals surface area contributed by atoms with Crippen molar-refractivity contribution < 1.29 is 8.42 Å². The minimum absolute atomic E-state index is 0.0986. The van der Waals surface area contributed by atoms with Gasteiger partial charge in [0.15, 0.2) is 5.82 Å². The van der Waals surface area contributed by atoms with Crippen LogP contribution in [0.1, 0.15) is 0 Å². The summed E-state index contributed by atoms with van der Waals surface area (Å²) in [5.41, 5.74) is 5.70. The zero-order valence-corrected chi connectivity index (χ0v) is 11.3. The molecule has 0 unspecified atom stereocenters. The first-order valence-electron chi connectivity index (χ1n) is 4.69. The van der Waals surface area contributed by atoms with E-state index in [4.69, 9.17) is 5.73 Å². The zero-order valence-electron chi connectivity index (χ0n) is 8.91. The van der Waals surface area contributed by atoms with Crippen molar-refractivity contribution in [3.63, 3.8) is 0 Å². The summed E-state index contributed by atoms with van der Waals surface area (Å²) in [5.74, 6) is 0.0986. The van der Waals surface area contributed by atoms with Crippen molar-refractivity contribution in [2.45, 2.75) is 4.90 Å². The summed E-state index contributed by atoms with van der Waals surface area (Å²) in [7, 11) is -3.81. The van der Waals surface area contributed by atoms with Gasteiger partial charge in [-0.2, -0.15) is 0 Å². The zero-order chi connectivity index (χ0) is 13.2. The van der Waals surface area contributed by atoms with Crippen molar-refractivity contribution in [3.05, 3.63) is 35.5 Å². The Kier molecular flexibility index (Phi) is 3.43.